The number of piperidine rings is 2. The fraction of sp³-hybridized carbons (Fsp3) is 0.688. The molecule has 0 aliphatic carbocycles. The highest BCUT2D eigenvalue weighted by atomic mass is 15.0. The molecule has 0 spiro atoms. The molecule has 2 N–H and O–H groups in total. The van der Waals surface area contributed by atoms with Crippen LogP contribution in [-0.2, 0) is 6.42 Å². The molecule has 6 nitrogen and oxygen atoms in total. The van der Waals surface area contributed by atoms with Gasteiger partial charge < -0.3 is 10.6 Å². The Morgan fingerprint density at radius 1 is 0.632 bits per heavy atom. The fourth-order valence-corrected chi connectivity index (χ4v) is 6.07. The Kier molecular flexibility index (Phi) is 10.4. The highest BCUT2D eigenvalue weighted by Crippen LogP contribution is 2.19. The zero-order chi connectivity index (χ0) is 27.1. The van der Waals surface area contributed by atoms with Crippen molar-refractivity contribution in [3.63, 3.8) is 0 Å². The van der Waals surface area contributed by atoms with Crippen molar-refractivity contribution in [2.24, 2.45) is 20.0 Å². The van der Waals surface area contributed by atoms with E-state index in [1.54, 1.807) is 0 Å². The number of fused-ring (bicyclic) bond motifs is 4. The number of nitrogens with zero attached hydrogens (tertiary/aromatic N) is 4. The molecule has 6 heteroatoms. The molecule has 0 radical (unpaired) electrons. The Hall–Kier alpha value is -2.18. The van der Waals surface area contributed by atoms with Crippen molar-refractivity contribution in [1.82, 2.24) is 10.6 Å². The standard InChI is InChI=1S/C32H50N6/c1-7-27-19-33-22(3)29-10-9-13-32(38-29)25(6)36-28(18-26-16-14-21(2)15-17-26)20-34-23(4)30-11-8-12-31(37-30)24(5)35-27/h14-17,27-32,37-38H,7-13,18-20H2,1-6H3/t27-,28-,29?,30?,31?,32?/m0/s1. The van der Waals surface area contributed by atoms with E-state index in [4.69, 9.17) is 20.0 Å². The number of aliphatic imine (C=N–C) groups is 4. The molecule has 3 aliphatic rings. The SMILES string of the molecule is CC[C@H]1CN=C(C)C2CCCC(N2)C(C)=N[C@@H](Cc2ccc(C)cc2)CN=C(C)C2CCCC(N2)C(C)=N1. The summed E-state index contributed by atoms with van der Waals surface area (Å²) in [6.45, 7) is 14.7. The third kappa shape index (κ3) is 7.92. The molecule has 38 heavy (non-hydrogen) atoms. The number of nitrogens with one attached hydrogen (secondary N) is 2. The van der Waals surface area contributed by atoms with Gasteiger partial charge in [-0.25, -0.2) is 0 Å². The topological polar surface area (TPSA) is 73.5 Å². The van der Waals surface area contributed by atoms with E-state index >= 15 is 0 Å². The minimum atomic E-state index is 0.136. The van der Waals surface area contributed by atoms with Gasteiger partial charge in [0.1, 0.15) is 0 Å². The van der Waals surface area contributed by atoms with Crippen molar-refractivity contribution in [3.05, 3.63) is 35.4 Å². The van der Waals surface area contributed by atoms with Gasteiger partial charge in [-0.2, -0.15) is 0 Å². The lowest BCUT2D eigenvalue weighted by molar-refractivity contribution is 0.422. The Labute approximate surface area is 231 Å². The van der Waals surface area contributed by atoms with Crippen molar-refractivity contribution in [3.8, 4) is 0 Å². The molecule has 0 saturated carbocycles. The van der Waals surface area contributed by atoms with E-state index in [0.717, 1.165) is 51.6 Å². The van der Waals surface area contributed by atoms with E-state index in [1.807, 2.05) is 0 Å². The molecule has 6 atom stereocenters. The predicted octanol–water partition coefficient (Wildman–Crippen LogP) is 5.56. The van der Waals surface area contributed by atoms with E-state index in [9.17, 15) is 0 Å². The van der Waals surface area contributed by atoms with E-state index in [0.29, 0.717) is 24.2 Å². The summed E-state index contributed by atoms with van der Waals surface area (Å²) in [5.41, 5.74) is 7.46. The van der Waals surface area contributed by atoms with Gasteiger partial charge in [-0.1, -0.05) is 36.8 Å². The molecule has 2 fully saturated rings. The molecular formula is C32H50N6. The van der Waals surface area contributed by atoms with Crippen molar-refractivity contribution < 1.29 is 0 Å². The summed E-state index contributed by atoms with van der Waals surface area (Å²) in [7, 11) is 0. The maximum Gasteiger partial charge on any atom is 0.0734 e. The second-order valence-corrected chi connectivity index (χ2v) is 11.8. The van der Waals surface area contributed by atoms with Crippen LogP contribution in [0.2, 0.25) is 0 Å². The number of rotatable bonds is 3. The predicted molar refractivity (Wildman–Crippen MR) is 164 cm³/mol. The van der Waals surface area contributed by atoms with Gasteiger partial charge in [0.05, 0.1) is 25.2 Å². The maximum atomic E-state index is 5.32. The molecule has 3 aliphatic heterocycles. The van der Waals surface area contributed by atoms with Gasteiger partial charge >= 0.3 is 0 Å². The van der Waals surface area contributed by atoms with Gasteiger partial charge in [0.25, 0.3) is 0 Å². The monoisotopic (exact) mass is 518 g/mol. The second-order valence-electron chi connectivity index (χ2n) is 11.8. The fourth-order valence-electron chi connectivity index (χ4n) is 6.07. The molecule has 208 valence electrons. The van der Waals surface area contributed by atoms with Crippen LogP contribution in [0.5, 0.6) is 0 Å². The average Bonchev–Trinajstić information content (AvgIpc) is 2.94. The van der Waals surface area contributed by atoms with Crippen LogP contribution >= 0.6 is 0 Å². The van der Waals surface area contributed by atoms with Crippen molar-refractivity contribution in [2.75, 3.05) is 13.1 Å². The Morgan fingerprint density at radius 3 is 1.58 bits per heavy atom. The van der Waals surface area contributed by atoms with Gasteiger partial charge in [-0.3, -0.25) is 20.0 Å². The van der Waals surface area contributed by atoms with E-state index in [-0.39, 0.29) is 12.1 Å². The maximum absolute atomic E-state index is 5.32. The normalized spacial score (nSPS) is 31.7. The van der Waals surface area contributed by atoms with Crippen molar-refractivity contribution in [1.29, 1.82) is 0 Å². The van der Waals surface area contributed by atoms with E-state index in [2.05, 4.69) is 76.4 Å². The van der Waals surface area contributed by atoms with Gasteiger partial charge in [0.2, 0.25) is 0 Å². The van der Waals surface area contributed by atoms with Crippen LogP contribution in [0, 0.1) is 6.92 Å². The Balaban J connectivity index is 1.64. The highest BCUT2D eigenvalue weighted by molar-refractivity contribution is 5.92. The summed E-state index contributed by atoms with van der Waals surface area (Å²) < 4.78 is 0. The lowest BCUT2D eigenvalue weighted by Gasteiger charge is -2.33. The van der Waals surface area contributed by atoms with Gasteiger partial charge in [-0.05, 0) is 91.5 Å². The third-order valence-electron chi connectivity index (χ3n) is 8.73. The van der Waals surface area contributed by atoms with Crippen LogP contribution in [0.3, 0.4) is 0 Å². The molecule has 4 bridgehead atoms. The van der Waals surface area contributed by atoms with Crippen LogP contribution < -0.4 is 10.6 Å². The quantitative estimate of drug-likeness (QED) is 0.550. The number of aryl methyl sites for hydroxylation is 1. The van der Waals surface area contributed by atoms with E-state index in [1.165, 1.54) is 46.8 Å². The summed E-state index contributed by atoms with van der Waals surface area (Å²) in [6, 6.07) is 10.5. The van der Waals surface area contributed by atoms with Gasteiger partial charge in [0, 0.05) is 47.0 Å². The highest BCUT2D eigenvalue weighted by Gasteiger charge is 2.27. The summed E-state index contributed by atoms with van der Waals surface area (Å²) in [5, 5.41) is 7.77. The first kappa shape index (κ1) is 28.8. The molecule has 0 aromatic heterocycles. The van der Waals surface area contributed by atoms with Crippen molar-refractivity contribution in [2.45, 2.75) is 129 Å². The van der Waals surface area contributed by atoms with Crippen LogP contribution in [0.25, 0.3) is 0 Å². The van der Waals surface area contributed by atoms with E-state index < -0.39 is 0 Å². The smallest absolute Gasteiger partial charge is 0.0734 e. The zero-order valence-corrected chi connectivity index (χ0v) is 24.6. The molecule has 1 aromatic carbocycles. The van der Waals surface area contributed by atoms with Crippen LogP contribution in [-0.4, -0.2) is 72.2 Å². The molecule has 0 amide bonds. The largest absolute Gasteiger partial charge is 0.301 e. The summed E-state index contributed by atoms with van der Waals surface area (Å²) in [5.74, 6) is 0. The molecular weight excluding hydrogens is 468 g/mol. The lowest BCUT2D eigenvalue weighted by Crippen LogP contribution is -2.50. The van der Waals surface area contributed by atoms with Crippen molar-refractivity contribution >= 4 is 22.8 Å². The summed E-state index contributed by atoms with van der Waals surface area (Å²) >= 11 is 0. The average molecular weight is 519 g/mol. The number of benzene rings is 1. The zero-order valence-electron chi connectivity index (χ0n) is 24.6. The van der Waals surface area contributed by atoms with Crippen LogP contribution in [0.4, 0.5) is 0 Å². The van der Waals surface area contributed by atoms with Crippen LogP contribution in [0.1, 0.15) is 90.7 Å². The Morgan fingerprint density at radius 2 is 1.08 bits per heavy atom. The second kappa shape index (κ2) is 13.7. The molecule has 4 rings (SSSR count). The Bertz CT molecular complexity index is 1040. The molecule has 3 heterocycles. The third-order valence-corrected chi connectivity index (χ3v) is 8.73. The van der Waals surface area contributed by atoms with Gasteiger partial charge in [-0.15, -0.1) is 0 Å². The lowest BCUT2D eigenvalue weighted by atomic mass is 9.93. The summed E-state index contributed by atoms with van der Waals surface area (Å²) in [6.07, 6.45) is 8.88. The minimum absolute atomic E-state index is 0.136. The molecule has 1 aromatic rings. The first-order valence-electron chi connectivity index (χ1n) is 15.0. The minimum Gasteiger partial charge on any atom is -0.301 e. The molecule has 2 saturated heterocycles. The van der Waals surface area contributed by atoms with Crippen LogP contribution in [0.15, 0.2) is 44.2 Å². The number of hydrogen-bond acceptors (Lipinski definition) is 6. The van der Waals surface area contributed by atoms with Gasteiger partial charge in [0.15, 0.2) is 0 Å². The summed E-state index contributed by atoms with van der Waals surface area (Å²) in [4.78, 5) is 20.7. The first-order chi connectivity index (χ1) is 18.3. The molecule has 4 unspecified atom stereocenters. The first-order valence-corrected chi connectivity index (χ1v) is 15.0. The number of hydrogen-bond donors (Lipinski definition) is 2.